The fourth-order valence-corrected chi connectivity index (χ4v) is 5.13. The van der Waals surface area contributed by atoms with Gasteiger partial charge in [-0.25, -0.2) is 4.57 Å². The van der Waals surface area contributed by atoms with E-state index in [9.17, 15) is 29.3 Å². The standard InChI is InChI=1S/C32H61O10P/c1-3-5-7-9-11-12-13-14-15-16-18-20-22-24-32(36)42-30(26-34)28-40-43(37,38)39-27-29(25-33)41-31(35)23-21-19-17-10-8-6-4-2/h12-13,29-30,33-34H,3-11,14-28H2,1-2H3,(H,37,38)/b13-12-. The zero-order valence-corrected chi connectivity index (χ0v) is 27.8. The third kappa shape index (κ3) is 28.0. The van der Waals surface area contributed by atoms with Crippen LogP contribution in [0.1, 0.15) is 142 Å². The fraction of sp³-hybridized carbons (Fsp3) is 0.875. The molecule has 0 aliphatic carbocycles. The summed E-state index contributed by atoms with van der Waals surface area (Å²) in [6.07, 6.45) is 22.2. The number of rotatable bonds is 31. The van der Waals surface area contributed by atoms with Gasteiger partial charge >= 0.3 is 19.8 Å². The summed E-state index contributed by atoms with van der Waals surface area (Å²) in [6.45, 7) is 2.09. The first-order valence-corrected chi connectivity index (χ1v) is 18.1. The molecule has 11 heteroatoms. The molecule has 0 aromatic heterocycles. The van der Waals surface area contributed by atoms with Gasteiger partial charge in [-0.3, -0.25) is 18.6 Å². The Hall–Kier alpha value is -1.29. The molecular formula is C32H61O10P. The lowest BCUT2D eigenvalue weighted by atomic mass is 10.1. The zero-order valence-electron chi connectivity index (χ0n) is 26.9. The minimum atomic E-state index is -4.61. The van der Waals surface area contributed by atoms with Crippen molar-refractivity contribution < 1.29 is 47.8 Å². The largest absolute Gasteiger partial charge is 0.472 e. The SMILES string of the molecule is CCCCCC/C=C\CCCCCCCC(=O)OC(CO)COP(=O)(O)OCC(CO)OC(=O)CCCCCCCCC. The van der Waals surface area contributed by atoms with Crippen molar-refractivity contribution in [3.8, 4) is 0 Å². The Bertz CT molecular complexity index is 746. The predicted octanol–water partition coefficient (Wildman–Crippen LogP) is 7.33. The molecule has 0 bridgehead atoms. The van der Waals surface area contributed by atoms with E-state index in [2.05, 4.69) is 26.0 Å². The van der Waals surface area contributed by atoms with Gasteiger partial charge in [-0.1, -0.05) is 103 Å². The van der Waals surface area contributed by atoms with Gasteiger partial charge in [0, 0.05) is 12.8 Å². The molecule has 0 heterocycles. The van der Waals surface area contributed by atoms with E-state index in [1.54, 1.807) is 0 Å². The first-order valence-electron chi connectivity index (χ1n) is 16.6. The van der Waals surface area contributed by atoms with Crippen molar-refractivity contribution in [3.63, 3.8) is 0 Å². The maximum absolute atomic E-state index is 12.2. The lowest BCUT2D eigenvalue weighted by molar-refractivity contribution is -0.153. The summed E-state index contributed by atoms with van der Waals surface area (Å²) >= 11 is 0. The van der Waals surface area contributed by atoms with Crippen LogP contribution in [0, 0.1) is 0 Å². The van der Waals surface area contributed by atoms with Crippen LogP contribution >= 0.6 is 7.82 Å². The molecular weight excluding hydrogens is 575 g/mol. The Morgan fingerprint density at radius 3 is 1.35 bits per heavy atom. The first-order chi connectivity index (χ1) is 20.8. The monoisotopic (exact) mass is 636 g/mol. The van der Waals surface area contributed by atoms with Crippen molar-refractivity contribution in [1.82, 2.24) is 0 Å². The summed E-state index contributed by atoms with van der Waals surface area (Å²) < 4.78 is 32.2. The van der Waals surface area contributed by atoms with Crippen molar-refractivity contribution in [2.45, 2.75) is 154 Å². The van der Waals surface area contributed by atoms with E-state index in [4.69, 9.17) is 18.5 Å². The Balaban J connectivity index is 4.04. The second-order valence-electron chi connectivity index (χ2n) is 11.1. The van der Waals surface area contributed by atoms with Gasteiger partial charge in [0.05, 0.1) is 26.4 Å². The number of unbranched alkanes of at least 4 members (excludes halogenated alkanes) is 15. The average molecular weight is 637 g/mol. The molecule has 0 saturated carbocycles. The molecule has 0 amide bonds. The minimum absolute atomic E-state index is 0.184. The number of esters is 2. The highest BCUT2D eigenvalue weighted by Gasteiger charge is 2.27. The quantitative estimate of drug-likeness (QED) is 0.0306. The molecule has 0 rings (SSSR count). The molecule has 0 spiro atoms. The van der Waals surface area contributed by atoms with Gasteiger partial charge in [-0.05, 0) is 38.5 Å². The number of carbonyl (C=O) groups excluding carboxylic acids is 2. The summed E-state index contributed by atoms with van der Waals surface area (Å²) in [4.78, 5) is 34.1. The maximum Gasteiger partial charge on any atom is 0.472 e. The van der Waals surface area contributed by atoms with E-state index >= 15 is 0 Å². The minimum Gasteiger partial charge on any atom is -0.457 e. The van der Waals surface area contributed by atoms with Crippen LogP contribution < -0.4 is 0 Å². The van der Waals surface area contributed by atoms with E-state index in [1.165, 1.54) is 44.9 Å². The van der Waals surface area contributed by atoms with Crippen LogP contribution in [0.3, 0.4) is 0 Å². The number of hydrogen-bond acceptors (Lipinski definition) is 9. The Kier molecular flexibility index (Phi) is 28.5. The molecule has 43 heavy (non-hydrogen) atoms. The van der Waals surface area contributed by atoms with E-state index in [0.29, 0.717) is 12.8 Å². The fourth-order valence-electron chi connectivity index (χ4n) is 4.34. The Labute approximate surface area is 260 Å². The molecule has 0 aliphatic heterocycles. The second-order valence-corrected chi connectivity index (χ2v) is 12.6. The number of ether oxygens (including phenoxy) is 2. The van der Waals surface area contributed by atoms with Crippen molar-refractivity contribution in [3.05, 3.63) is 12.2 Å². The highest BCUT2D eigenvalue weighted by atomic mass is 31.2. The third-order valence-electron chi connectivity index (χ3n) is 6.98. The maximum atomic E-state index is 12.2. The van der Waals surface area contributed by atoms with Crippen LogP contribution in [0.25, 0.3) is 0 Å². The molecule has 0 saturated heterocycles. The van der Waals surface area contributed by atoms with Crippen molar-refractivity contribution in [2.75, 3.05) is 26.4 Å². The summed E-state index contributed by atoms with van der Waals surface area (Å²) in [7, 11) is -4.61. The molecule has 3 N–H and O–H groups in total. The number of aliphatic hydroxyl groups excluding tert-OH is 2. The van der Waals surface area contributed by atoms with Crippen molar-refractivity contribution >= 4 is 19.8 Å². The van der Waals surface area contributed by atoms with Crippen LogP contribution in [0.15, 0.2) is 12.2 Å². The molecule has 0 aliphatic rings. The van der Waals surface area contributed by atoms with Crippen LogP contribution in [-0.2, 0) is 32.7 Å². The van der Waals surface area contributed by atoms with Crippen LogP contribution in [0.4, 0.5) is 0 Å². The Morgan fingerprint density at radius 2 is 0.953 bits per heavy atom. The van der Waals surface area contributed by atoms with Gasteiger partial charge in [0.2, 0.25) is 0 Å². The lowest BCUT2D eigenvalue weighted by Crippen LogP contribution is -2.28. The first kappa shape index (κ1) is 41.7. The van der Waals surface area contributed by atoms with Crippen molar-refractivity contribution in [2.24, 2.45) is 0 Å². The second kappa shape index (κ2) is 29.4. The number of phosphoric ester groups is 1. The molecule has 0 radical (unpaired) electrons. The summed E-state index contributed by atoms with van der Waals surface area (Å²) in [5.41, 5.74) is 0. The van der Waals surface area contributed by atoms with Gasteiger partial charge in [-0.2, -0.15) is 0 Å². The molecule has 3 atom stereocenters. The van der Waals surface area contributed by atoms with Gasteiger partial charge in [-0.15, -0.1) is 0 Å². The molecule has 10 nitrogen and oxygen atoms in total. The third-order valence-corrected chi connectivity index (χ3v) is 7.93. The average Bonchev–Trinajstić information content (AvgIpc) is 2.99. The summed E-state index contributed by atoms with van der Waals surface area (Å²) in [6, 6.07) is 0. The molecule has 254 valence electrons. The van der Waals surface area contributed by atoms with Gasteiger partial charge in [0.1, 0.15) is 12.2 Å². The van der Waals surface area contributed by atoms with Gasteiger partial charge in [0.15, 0.2) is 0 Å². The number of aliphatic hydroxyl groups is 2. The van der Waals surface area contributed by atoms with E-state index in [0.717, 1.165) is 57.8 Å². The van der Waals surface area contributed by atoms with Crippen LogP contribution in [0.2, 0.25) is 0 Å². The highest BCUT2D eigenvalue weighted by molar-refractivity contribution is 7.47. The lowest BCUT2D eigenvalue weighted by Gasteiger charge is -2.20. The molecule has 0 aromatic carbocycles. The normalized spacial score (nSPS) is 14.4. The van der Waals surface area contributed by atoms with Crippen LogP contribution in [-0.4, -0.2) is 65.7 Å². The van der Waals surface area contributed by atoms with Crippen molar-refractivity contribution in [1.29, 1.82) is 0 Å². The topological polar surface area (TPSA) is 149 Å². The molecule has 0 fully saturated rings. The van der Waals surface area contributed by atoms with E-state index in [-0.39, 0.29) is 12.8 Å². The van der Waals surface area contributed by atoms with Gasteiger partial charge in [0.25, 0.3) is 0 Å². The molecule has 3 unspecified atom stereocenters. The predicted molar refractivity (Wildman–Crippen MR) is 168 cm³/mol. The van der Waals surface area contributed by atoms with Crippen LogP contribution in [0.5, 0.6) is 0 Å². The number of hydrogen-bond donors (Lipinski definition) is 3. The number of phosphoric acid groups is 1. The smallest absolute Gasteiger partial charge is 0.457 e. The molecule has 0 aromatic rings. The summed E-state index contributed by atoms with van der Waals surface area (Å²) in [5, 5.41) is 18.9. The Morgan fingerprint density at radius 1 is 0.605 bits per heavy atom. The number of allylic oxidation sites excluding steroid dienone is 2. The van der Waals surface area contributed by atoms with E-state index < -0.39 is 58.4 Å². The van der Waals surface area contributed by atoms with E-state index in [1.807, 2.05) is 0 Å². The highest BCUT2D eigenvalue weighted by Crippen LogP contribution is 2.43. The summed E-state index contributed by atoms with van der Waals surface area (Å²) in [5.74, 6) is -1.03. The van der Waals surface area contributed by atoms with Gasteiger partial charge < -0.3 is 24.6 Å². The zero-order chi connectivity index (χ0) is 32.0. The number of carbonyl (C=O) groups is 2.